The van der Waals surface area contributed by atoms with Crippen molar-refractivity contribution in [3.8, 4) is 5.75 Å². The molecule has 3 rings (SSSR count). The molecule has 1 N–H and O–H groups in total. The van der Waals surface area contributed by atoms with Crippen molar-refractivity contribution in [2.75, 3.05) is 18.2 Å². The van der Waals surface area contributed by atoms with Crippen LogP contribution < -0.4 is 10.1 Å². The fraction of sp³-hybridized carbons (Fsp3) is 0.364. The number of hydrogen-bond donors (Lipinski definition) is 1. The molecule has 0 unspecified atom stereocenters. The summed E-state index contributed by atoms with van der Waals surface area (Å²) in [7, 11) is 1.60. The molecule has 1 saturated carbocycles. The highest BCUT2D eigenvalue weighted by atomic mass is 32.2. The van der Waals surface area contributed by atoms with E-state index in [9.17, 15) is 9.59 Å². The van der Waals surface area contributed by atoms with E-state index in [0.29, 0.717) is 11.3 Å². The predicted molar refractivity (Wildman–Crippen MR) is 110 cm³/mol. The van der Waals surface area contributed by atoms with E-state index >= 15 is 0 Å². The molecule has 1 aliphatic carbocycles. The average Bonchev–Trinajstić information content (AvgIpc) is 2.73. The van der Waals surface area contributed by atoms with Crippen LogP contribution in [-0.2, 0) is 4.79 Å². The Kier molecular flexibility index (Phi) is 6.93. The number of benzene rings is 2. The van der Waals surface area contributed by atoms with Gasteiger partial charge in [0, 0.05) is 22.1 Å². The van der Waals surface area contributed by atoms with Gasteiger partial charge in [0.05, 0.1) is 12.9 Å². The second-order valence-corrected chi connectivity index (χ2v) is 7.84. The van der Waals surface area contributed by atoms with E-state index in [1.807, 2.05) is 24.3 Å². The van der Waals surface area contributed by atoms with Gasteiger partial charge in [-0.15, -0.1) is 11.8 Å². The molecule has 0 spiro atoms. The maximum Gasteiger partial charge on any atom is 0.227 e. The summed E-state index contributed by atoms with van der Waals surface area (Å²) in [5.41, 5.74) is 1.47. The van der Waals surface area contributed by atoms with E-state index in [0.717, 1.165) is 42.0 Å². The lowest BCUT2D eigenvalue weighted by molar-refractivity contribution is -0.120. The summed E-state index contributed by atoms with van der Waals surface area (Å²) in [6.07, 6.45) is 5.48. The summed E-state index contributed by atoms with van der Waals surface area (Å²) < 4.78 is 5.12. The molecule has 142 valence electrons. The Bertz CT molecular complexity index is 782. The molecule has 1 amide bonds. The van der Waals surface area contributed by atoms with Crippen LogP contribution in [0.5, 0.6) is 5.75 Å². The number of hydrogen-bond acceptors (Lipinski definition) is 4. The molecule has 1 fully saturated rings. The lowest BCUT2D eigenvalue weighted by atomic mass is 9.88. The number of amides is 1. The highest BCUT2D eigenvalue weighted by Gasteiger charge is 2.21. The van der Waals surface area contributed by atoms with Crippen molar-refractivity contribution in [2.24, 2.45) is 5.92 Å². The average molecular weight is 384 g/mol. The highest BCUT2D eigenvalue weighted by molar-refractivity contribution is 8.00. The Labute approximate surface area is 164 Å². The molecular weight excluding hydrogens is 358 g/mol. The molecule has 0 radical (unpaired) electrons. The number of rotatable bonds is 7. The maximum absolute atomic E-state index is 12.4. The standard InChI is InChI=1S/C22H25NO3S/c1-26-19-12-10-16(11-13-19)21(24)15-27-20-9-5-8-18(14-20)23-22(25)17-6-3-2-4-7-17/h5,8-14,17H,2-4,6-7,15H2,1H3,(H,23,25). The molecule has 0 heterocycles. The van der Waals surface area contributed by atoms with Gasteiger partial charge in [-0.1, -0.05) is 25.3 Å². The van der Waals surface area contributed by atoms with E-state index in [1.54, 1.807) is 31.4 Å². The van der Waals surface area contributed by atoms with E-state index in [2.05, 4.69) is 5.32 Å². The molecule has 0 bridgehead atoms. The fourth-order valence-electron chi connectivity index (χ4n) is 3.28. The third kappa shape index (κ3) is 5.60. The zero-order chi connectivity index (χ0) is 19.1. The minimum atomic E-state index is 0.0688. The molecule has 2 aromatic rings. The number of ketones is 1. The van der Waals surface area contributed by atoms with Crippen molar-refractivity contribution in [3.05, 3.63) is 54.1 Å². The van der Waals surface area contributed by atoms with E-state index in [4.69, 9.17) is 4.74 Å². The summed E-state index contributed by atoms with van der Waals surface area (Å²) in [4.78, 5) is 25.7. The first-order chi connectivity index (χ1) is 13.2. The van der Waals surface area contributed by atoms with Gasteiger partial charge in [-0.25, -0.2) is 0 Å². The number of carbonyl (C=O) groups excluding carboxylic acids is 2. The van der Waals surface area contributed by atoms with Crippen LogP contribution in [0.3, 0.4) is 0 Å². The SMILES string of the molecule is COc1ccc(C(=O)CSc2cccc(NC(=O)C3CCCCC3)c2)cc1. The summed E-state index contributed by atoms with van der Waals surface area (Å²) >= 11 is 1.48. The molecular formula is C22H25NO3S. The number of nitrogens with one attached hydrogen (secondary N) is 1. The van der Waals surface area contributed by atoms with Crippen LogP contribution in [0.4, 0.5) is 5.69 Å². The molecule has 27 heavy (non-hydrogen) atoms. The van der Waals surface area contributed by atoms with Crippen LogP contribution >= 0.6 is 11.8 Å². The summed E-state index contributed by atoms with van der Waals surface area (Å²) in [6.45, 7) is 0. The number of ether oxygens (including phenoxy) is 1. The molecule has 0 aliphatic heterocycles. The predicted octanol–water partition coefficient (Wildman–Crippen LogP) is 5.19. The second-order valence-electron chi connectivity index (χ2n) is 6.79. The topological polar surface area (TPSA) is 55.4 Å². The van der Waals surface area contributed by atoms with Gasteiger partial charge in [0.2, 0.25) is 5.91 Å². The highest BCUT2D eigenvalue weighted by Crippen LogP contribution is 2.27. The smallest absolute Gasteiger partial charge is 0.227 e. The minimum Gasteiger partial charge on any atom is -0.497 e. The molecule has 2 aromatic carbocycles. The van der Waals surface area contributed by atoms with Gasteiger partial charge in [0.25, 0.3) is 0 Å². The first kappa shape index (κ1) is 19.5. The number of methoxy groups -OCH3 is 1. The van der Waals surface area contributed by atoms with Gasteiger partial charge >= 0.3 is 0 Å². The second kappa shape index (κ2) is 9.60. The van der Waals surface area contributed by atoms with Crippen LogP contribution in [-0.4, -0.2) is 24.6 Å². The lowest BCUT2D eigenvalue weighted by Crippen LogP contribution is -2.24. The Morgan fingerprint density at radius 2 is 1.81 bits per heavy atom. The largest absolute Gasteiger partial charge is 0.497 e. The van der Waals surface area contributed by atoms with Gasteiger partial charge in [-0.2, -0.15) is 0 Å². The first-order valence-corrected chi connectivity index (χ1v) is 10.4. The van der Waals surface area contributed by atoms with Crippen molar-refractivity contribution in [1.82, 2.24) is 0 Å². The summed E-state index contributed by atoms with van der Waals surface area (Å²) in [6, 6.07) is 14.9. The van der Waals surface area contributed by atoms with Crippen molar-refractivity contribution < 1.29 is 14.3 Å². The Morgan fingerprint density at radius 3 is 2.52 bits per heavy atom. The van der Waals surface area contributed by atoms with Gasteiger partial charge in [-0.3, -0.25) is 9.59 Å². The first-order valence-electron chi connectivity index (χ1n) is 9.36. The number of Topliss-reactive ketones (excluding diaryl/α,β-unsaturated/α-hetero) is 1. The Morgan fingerprint density at radius 1 is 1.07 bits per heavy atom. The molecule has 0 atom stereocenters. The molecule has 1 aliphatic rings. The molecule has 0 saturated heterocycles. The van der Waals surface area contributed by atoms with E-state index < -0.39 is 0 Å². The monoisotopic (exact) mass is 383 g/mol. The van der Waals surface area contributed by atoms with Crippen LogP contribution in [0.25, 0.3) is 0 Å². The van der Waals surface area contributed by atoms with Crippen molar-refractivity contribution in [3.63, 3.8) is 0 Å². The third-order valence-electron chi connectivity index (χ3n) is 4.86. The lowest BCUT2D eigenvalue weighted by Gasteiger charge is -2.20. The molecule has 4 nitrogen and oxygen atoms in total. The number of anilines is 1. The van der Waals surface area contributed by atoms with Gasteiger partial charge in [0.15, 0.2) is 5.78 Å². The van der Waals surface area contributed by atoms with E-state index in [1.165, 1.54) is 18.2 Å². The van der Waals surface area contributed by atoms with Gasteiger partial charge in [-0.05, 0) is 55.3 Å². The van der Waals surface area contributed by atoms with Crippen LogP contribution in [0.15, 0.2) is 53.4 Å². The fourth-order valence-corrected chi connectivity index (χ4v) is 4.13. The number of thioether (sulfide) groups is 1. The molecule has 0 aromatic heterocycles. The van der Waals surface area contributed by atoms with Crippen molar-refractivity contribution in [2.45, 2.75) is 37.0 Å². The third-order valence-corrected chi connectivity index (χ3v) is 5.85. The van der Waals surface area contributed by atoms with Crippen molar-refractivity contribution >= 4 is 29.1 Å². The van der Waals surface area contributed by atoms with E-state index in [-0.39, 0.29) is 17.6 Å². The van der Waals surface area contributed by atoms with Crippen LogP contribution in [0.2, 0.25) is 0 Å². The van der Waals surface area contributed by atoms with Gasteiger partial charge in [0.1, 0.15) is 5.75 Å². The minimum absolute atomic E-state index is 0.0688. The van der Waals surface area contributed by atoms with Gasteiger partial charge < -0.3 is 10.1 Å². The quantitative estimate of drug-likeness (QED) is 0.528. The normalized spacial score (nSPS) is 14.6. The zero-order valence-corrected chi connectivity index (χ0v) is 16.4. The summed E-state index contributed by atoms with van der Waals surface area (Å²) in [5.74, 6) is 1.41. The summed E-state index contributed by atoms with van der Waals surface area (Å²) in [5, 5.41) is 3.03. The maximum atomic E-state index is 12.4. The van der Waals surface area contributed by atoms with Crippen molar-refractivity contribution in [1.29, 1.82) is 0 Å². The Balaban J connectivity index is 1.55. The number of carbonyl (C=O) groups is 2. The zero-order valence-electron chi connectivity index (χ0n) is 15.6. The Hall–Kier alpha value is -2.27. The van der Waals surface area contributed by atoms with Crippen LogP contribution in [0, 0.1) is 5.92 Å². The molecule has 5 heteroatoms. The van der Waals surface area contributed by atoms with Crippen LogP contribution in [0.1, 0.15) is 42.5 Å².